The summed E-state index contributed by atoms with van der Waals surface area (Å²) < 4.78 is 5.29. The maximum absolute atomic E-state index is 13.5. The van der Waals surface area contributed by atoms with E-state index in [0.29, 0.717) is 33.4 Å². The van der Waals surface area contributed by atoms with Crippen molar-refractivity contribution >= 4 is 40.7 Å². The summed E-state index contributed by atoms with van der Waals surface area (Å²) in [7, 11) is 1.58. The van der Waals surface area contributed by atoms with Gasteiger partial charge in [0.25, 0.3) is 0 Å². The Morgan fingerprint density at radius 1 is 0.946 bits per heavy atom. The Morgan fingerprint density at radius 3 is 2.11 bits per heavy atom. The molecule has 4 rings (SSSR count). The molecule has 0 aromatic heterocycles. The van der Waals surface area contributed by atoms with Gasteiger partial charge in [-0.05, 0) is 48.9 Å². The molecule has 2 atom stereocenters. The minimum Gasteiger partial charge on any atom is -0.497 e. The van der Waals surface area contributed by atoms with Gasteiger partial charge in [0.2, 0.25) is 11.8 Å². The highest BCUT2D eigenvalue weighted by Gasteiger charge is 2.39. The summed E-state index contributed by atoms with van der Waals surface area (Å²) in [6.45, 7) is 1.78. The van der Waals surface area contributed by atoms with Crippen LogP contribution in [0.25, 0.3) is 0 Å². The molecular weight excluding hydrogens is 484 g/mol. The van der Waals surface area contributed by atoms with Gasteiger partial charge in [0.05, 0.1) is 30.4 Å². The summed E-state index contributed by atoms with van der Waals surface area (Å²) in [5.74, 6) is -0.999. The highest BCUT2D eigenvalue weighted by Crippen LogP contribution is 2.42. The van der Waals surface area contributed by atoms with Crippen molar-refractivity contribution in [2.75, 3.05) is 23.5 Å². The molecule has 0 bridgehead atoms. The van der Waals surface area contributed by atoms with Crippen LogP contribution >= 0.6 is 11.8 Å². The lowest BCUT2D eigenvalue weighted by Crippen LogP contribution is -2.36. The minimum atomic E-state index is -0.703. The fourth-order valence-corrected chi connectivity index (χ4v) is 5.04. The second-order valence-electron chi connectivity index (χ2n) is 8.37. The Balaban J connectivity index is 1.64. The predicted octanol–water partition coefficient (Wildman–Crippen LogP) is 5.62. The average molecular weight is 511 g/mol. The number of hydrogen-bond acceptors (Lipinski definition) is 6. The topological polar surface area (TPSA) is 104 Å². The maximum Gasteiger partial charge on any atom is 0.234 e. The largest absolute Gasteiger partial charge is 0.497 e. The normalized spacial score (nSPS) is 16.8. The van der Waals surface area contributed by atoms with Crippen LogP contribution in [-0.2, 0) is 9.59 Å². The van der Waals surface area contributed by atoms with Gasteiger partial charge in [-0.1, -0.05) is 60.3 Å². The zero-order valence-corrected chi connectivity index (χ0v) is 21.3. The van der Waals surface area contributed by atoms with E-state index in [9.17, 15) is 14.9 Å². The lowest BCUT2D eigenvalue weighted by Gasteiger charge is -2.31. The van der Waals surface area contributed by atoms with Crippen LogP contribution < -0.4 is 15.4 Å². The Kier molecular flexibility index (Phi) is 8.39. The van der Waals surface area contributed by atoms with E-state index in [1.54, 1.807) is 38.3 Å². The van der Waals surface area contributed by atoms with Gasteiger partial charge < -0.3 is 15.4 Å². The summed E-state index contributed by atoms with van der Waals surface area (Å²) >= 11 is 1.19. The molecule has 0 fully saturated rings. The fraction of sp³-hybridized carbons (Fsp3) is 0.172. The van der Waals surface area contributed by atoms with Gasteiger partial charge >= 0.3 is 0 Å². The molecule has 1 heterocycles. The average Bonchev–Trinajstić information content (AvgIpc) is 2.92. The van der Waals surface area contributed by atoms with Crippen LogP contribution in [0.5, 0.6) is 5.75 Å². The molecule has 0 saturated heterocycles. The van der Waals surface area contributed by atoms with Crippen molar-refractivity contribution in [2.45, 2.75) is 12.8 Å². The smallest absolute Gasteiger partial charge is 0.234 e. The number of carbonyl (C=O) groups excluding carboxylic acids is 2. The number of nitrogens with one attached hydrogen (secondary N) is 2. The summed E-state index contributed by atoms with van der Waals surface area (Å²) in [5, 5.41) is 16.5. The van der Waals surface area contributed by atoms with Crippen molar-refractivity contribution in [3.63, 3.8) is 0 Å². The number of carbonyl (C=O) groups is 2. The zero-order chi connectivity index (χ0) is 26.2. The molecule has 8 heteroatoms. The highest BCUT2D eigenvalue weighted by atomic mass is 32.2. The number of anilines is 2. The van der Waals surface area contributed by atoms with Crippen molar-refractivity contribution < 1.29 is 14.3 Å². The number of ether oxygens (including phenoxy) is 1. The number of para-hydroxylation sites is 2. The van der Waals surface area contributed by atoms with E-state index < -0.39 is 11.8 Å². The van der Waals surface area contributed by atoms with Crippen molar-refractivity contribution in [2.24, 2.45) is 10.9 Å². The monoisotopic (exact) mass is 510 g/mol. The third kappa shape index (κ3) is 6.26. The SMILES string of the molecule is COc1ccc([C@@H]2C(C#N)=C(SCC(=O)Nc3ccccc3)N=C(C)C2C(=O)Nc2ccccc2)cc1. The van der Waals surface area contributed by atoms with Crippen LogP contribution in [0, 0.1) is 17.2 Å². The highest BCUT2D eigenvalue weighted by molar-refractivity contribution is 8.03. The third-order valence-electron chi connectivity index (χ3n) is 5.92. The Morgan fingerprint density at radius 2 is 1.54 bits per heavy atom. The summed E-state index contributed by atoms with van der Waals surface area (Å²) in [5.41, 5.74) is 3.06. The van der Waals surface area contributed by atoms with Crippen LogP contribution in [-0.4, -0.2) is 30.4 Å². The van der Waals surface area contributed by atoms with E-state index in [2.05, 4.69) is 21.7 Å². The Hall–Kier alpha value is -4.35. The molecular formula is C29H26N4O3S. The number of nitriles is 1. The molecule has 2 N–H and O–H groups in total. The number of benzene rings is 3. The van der Waals surface area contributed by atoms with Crippen LogP contribution in [0.3, 0.4) is 0 Å². The first-order chi connectivity index (χ1) is 18.0. The molecule has 1 aliphatic heterocycles. The van der Waals surface area contributed by atoms with Crippen LogP contribution in [0.4, 0.5) is 11.4 Å². The molecule has 3 aromatic rings. The molecule has 0 spiro atoms. The van der Waals surface area contributed by atoms with Crippen LogP contribution in [0.1, 0.15) is 18.4 Å². The first-order valence-corrected chi connectivity index (χ1v) is 12.7. The molecule has 1 aliphatic rings. The summed E-state index contributed by atoms with van der Waals surface area (Å²) in [4.78, 5) is 30.7. The number of hydrogen-bond donors (Lipinski definition) is 2. The van der Waals surface area contributed by atoms with E-state index in [4.69, 9.17) is 4.74 Å². The summed E-state index contributed by atoms with van der Waals surface area (Å²) in [6.07, 6.45) is 0. The Bertz CT molecular complexity index is 1360. The van der Waals surface area contributed by atoms with Crippen molar-refractivity contribution in [3.8, 4) is 11.8 Å². The molecule has 2 amide bonds. The second-order valence-corrected chi connectivity index (χ2v) is 9.33. The lowest BCUT2D eigenvalue weighted by atomic mass is 9.76. The maximum atomic E-state index is 13.5. The molecule has 37 heavy (non-hydrogen) atoms. The standard InChI is InChI=1S/C29H26N4O3S/c1-19-26(28(35)33-22-11-7-4-8-12-22)27(20-13-15-23(36-2)16-14-20)24(17-30)29(31-19)37-18-25(34)32-21-9-5-3-6-10-21/h3-16,26-27H,18H2,1-2H3,(H,32,34)(H,33,35)/t26?,27-/m1/s1. The van der Waals surface area contributed by atoms with E-state index >= 15 is 0 Å². The summed E-state index contributed by atoms with van der Waals surface area (Å²) in [6, 6.07) is 27.9. The van der Waals surface area contributed by atoms with Crippen molar-refractivity contribution in [3.05, 3.63) is 101 Å². The number of allylic oxidation sites excluding steroid dienone is 1. The first kappa shape index (κ1) is 25.7. The number of methoxy groups -OCH3 is 1. The molecule has 0 saturated carbocycles. The van der Waals surface area contributed by atoms with Crippen LogP contribution in [0.15, 0.2) is 101 Å². The van der Waals surface area contributed by atoms with E-state index in [0.717, 1.165) is 5.56 Å². The van der Waals surface area contributed by atoms with Gasteiger partial charge in [-0.2, -0.15) is 5.26 Å². The molecule has 1 unspecified atom stereocenters. The molecule has 186 valence electrons. The number of thioether (sulfide) groups is 1. The Labute approximate surface area is 220 Å². The van der Waals surface area contributed by atoms with Gasteiger partial charge in [0, 0.05) is 23.0 Å². The first-order valence-electron chi connectivity index (χ1n) is 11.7. The minimum absolute atomic E-state index is 0.0718. The van der Waals surface area contributed by atoms with Gasteiger partial charge in [0.15, 0.2) is 0 Å². The number of rotatable bonds is 8. The van der Waals surface area contributed by atoms with Gasteiger partial charge in [0.1, 0.15) is 10.8 Å². The fourth-order valence-electron chi connectivity index (χ4n) is 4.16. The van der Waals surface area contributed by atoms with Crippen molar-refractivity contribution in [1.82, 2.24) is 0 Å². The zero-order valence-electron chi connectivity index (χ0n) is 20.5. The number of aliphatic imine (C=N–C) groups is 1. The van der Waals surface area contributed by atoms with E-state index in [-0.39, 0.29) is 17.6 Å². The molecule has 0 aliphatic carbocycles. The van der Waals surface area contributed by atoms with E-state index in [1.807, 2.05) is 60.7 Å². The third-order valence-corrected chi connectivity index (χ3v) is 6.91. The van der Waals surface area contributed by atoms with Gasteiger partial charge in [-0.15, -0.1) is 0 Å². The predicted molar refractivity (Wildman–Crippen MR) is 148 cm³/mol. The second kappa shape index (κ2) is 12.1. The number of amides is 2. The van der Waals surface area contributed by atoms with Crippen LogP contribution in [0.2, 0.25) is 0 Å². The number of nitrogens with zero attached hydrogens (tertiary/aromatic N) is 2. The molecule has 3 aromatic carbocycles. The van der Waals surface area contributed by atoms with Gasteiger partial charge in [-0.25, -0.2) is 4.99 Å². The lowest BCUT2D eigenvalue weighted by molar-refractivity contribution is -0.118. The quantitative estimate of drug-likeness (QED) is 0.410. The molecule has 7 nitrogen and oxygen atoms in total. The van der Waals surface area contributed by atoms with Gasteiger partial charge in [-0.3, -0.25) is 9.59 Å². The van der Waals surface area contributed by atoms with E-state index in [1.165, 1.54) is 11.8 Å². The van der Waals surface area contributed by atoms with Crippen molar-refractivity contribution in [1.29, 1.82) is 5.26 Å². The molecule has 0 radical (unpaired) electrons.